The van der Waals surface area contributed by atoms with Gasteiger partial charge in [-0.3, -0.25) is 9.79 Å². The number of fused-ring (bicyclic) bond motifs is 6. The third-order valence-electron chi connectivity index (χ3n) is 11.1. The highest BCUT2D eigenvalue weighted by molar-refractivity contribution is 6.09. The summed E-state index contributed by atoms with van der Waals surface area (Å²) in [4.78, 5) is 19.7. The molecule has 4 aliphatic heterocycles. The first-order valence-electron chi connectivity index (χ1n) is 18.7. The van der Waals surface area contributed by atoms with Crippen LogP contribution < -0.4 is 20.9 Å². The first-order chi connectivity index (χ1) is 25.5. The molecule has 1 aliphatic carbocycles. The average molecular weight is 721 g/mol. The van der Waals surface area contributed by atoms with E-state index in [0.29, 0.717) is 36.3 Å². The number of hydrogen-bond donors (Lipinski definition) is 6. The van der Waals surface area contributed by atoms with Gasteiger partial charge < -0.3 is 46.3 Å². The fourth-order valence-electron chi connectivity index (χ4n) is 8.25. The lowest BCUT2D eigenvalue weighted by Gasteiger charge is -2.39. The first-order valence-corrected chi connectivity index (χ1v) is 18.7. The Kier molecular flexibility index (Phi) is 10.7. The maximum absolute atomic E-state index is 12.9. The van der Waals surface area contributed by atoms with E-state index >= 15 is 0 Å². The number of benzene rings is 2. The molecule has 11 nitrogen and oxygen atoms in total. The maximum atomic E-state index is 12.9. The SMILES string of the molecule is CCC[C@H](O)C[C@@H](O)CC(=O)CCc1cc2c(cc1O)OC#CC1(CCCC1)[C@@H]1C#C[C@H](O)c3ccc(C(N)N)cc3CC3=CN=C4CN(C=C34)[C@@H]1O2. The molecule has 2 aromatic rings. The fraction of sp³-hybridized carbons (Fsp3) is 0.476. The van der Waals surface area contributed by atoms with Gasteiger partial charge in [-0.2, -0.15) is 0 Å². The summed E-state index contributed by atoms with van der Waals surface area (Å²) in [5.74, 6) is 9.93. The second-order valence-electron chi connectivity index (χ2n) is 15.0. The second kappa shape index (κ2) is 15.4. The predicted molar refractivity (Wildman–Crippen MR) is 199 cm³/mol. The zero-order valence-corrected chi connectivity index (χ0v) is 30.1. The summed E-state index contributed by atoms with van der Waals surface area (Å²) in [5, 5.41) is 43.1. The number of carbonyl (C=O) groups is 1. The monoisotopic (exact) mass is 720 g/mol. The van der Waals surface area contributed by atoms with Gasteiger partial charge in [0.2, 0.25) is 0 Å². The van der Waals surface area contributed by atoms with E-state index in [1.807, 2.05) is 31.3 Å². The number of aliphatic imine (C=N–C) groups is 1. The Morgan fingerprint density at radius 2 is 1.92 bits per heavy atom. The zero-order valence-electron chi connectivity index (χ0n) is 30.1. The van der Waals surface area contributed by atoms with E-state index in [2.05, 4.69) is 35.0 Å². The molecular weight excluding hydrogens is 672 g/mol. The van der Waals surface area contributed by atoms with E-state index in [0.717, 1.165) is 60.1 Å². The number of phenols is 1. The molecule has 5 atom stereocenters. The molecule has 0 amide bonds. The van der Waals surface area contributed by atoms with E-state index in [9.17, 15) is 25.2 Å². The van der Waals surface area contributed by atoms with Crippen molar-refractivity contribution in [2.45, 2.75) is 108 Å². The number of phenolic OH excluding ortho intramolecular Hbond substituents is 1. The lowest BCUT2D eigenvalue weighted by Crippen LogP contribution is -2.47. The number of ether oxygens (including phenoxy) is 2. The zero-order chi connectivity index (χ0) is 37.3. The molecule has 2 bridgehead atoms. The summed E-state index contributed by atoms with van der Waals surface area (Å²) in [5.41, 5.74) is 17.1. The van der Waals surface area contributed by atoms with Crippen LogP contribution in [0, 0.1) is 35.2 Å². The number of aryl methyl sites for hydroxylation is 1. The number of aliphatic hydroxyl groups is 3. The van der Waals surface area contributed by atoms with Crippen molar-refractivity contribution in [1.82, 2.24) is 4.90 Å². The number of carbonyl (C=O) groups excluding carboxylic acids is 1. The number of aromatic hydroxyl groups is 1. The number of hydrogen-bond acceptors (Lipinski definition) is 11. The Labute approximate surface area is 310 Å². The molecule has 278 valence electrons. The number of aliphatic hydroxyl groups excluding tert-OH is 3. The molecule has 7 rings (SSSR count). The molecule has 0 aromatic heterocycles. The predicted octanol–water partition coefficient (Wildman–Crippen LogP) is 4.18. The van der Waals surface area contributed by atoms with Gasteiger partial charge in [-0.15, -0.1) is 0 Å². The number of nitrogens with zero attached hydrogens (tertiary/aromatic N) is 2. The number of allylic oxidation sites excluding steroid dienone is 1. The number of ketones is 1. The summed E-state index contributed by atoms with van der Waals surface area (Å²) >= 11 is 0. The van der Waals surface area contributed by atoms with E-state index in [4.69, 9.17) is 25.9 Å². The van der Waals surface area contributed by atoms with E-state index in [-0.39, 0.29) is 43.0 Å². The van der Waals surface area contributed by atoms with E-state index in [1.165, 1.54) is 6.07 Å². The van der Waals surface area contributed by atoms with Crippen LogP contribution in [-0.2, 0) is 17.6 Å². The maximum Gasteiger partial charge on any atom is 0.187 e. The van der Waals surface area contributed by atoms with Crippen molar-refractivity contribution in [3.8, 4) is 41.1 Å². The lowest BCUT2D eigenvalue weighted by molar-refractivity contribution is -0.121. The molecule has 0 radical (unpaired) electrons. The third-order valence-corrected chi connectivity index (χ3v) is 11.1. The highest BCUT2D eigenvalue weighted by Gasteiger charge is 2.48. The summed E-state index contributed by atoms with van der Waals surface area (Å²) in [6.07, 6.45) is 8.49. The van der Waals surface area contributed by atoms with Crippen molar-refractivity contribution in [3.63, 3.8) is 0 Å². The van der Waals surface area contributed by atoms with Crippen LogP contribution in [0.5, 0.6) is 17.2 Å². The van der Waals surface area contributed by atoms with Crippen LogP contribution in [0.4, 0.5) is 0 Å². The van der Waals surface area contributed by atoms with Crippen LogP contribution >= 0.6 is 0 Å². The van der Waals surface area contributed by atoms with Crippen LogP contribution in [0.2, 0.25) is 0 Å². The Bertz CT molecular complexity index is 1970. The molecule has 2 aromatic carbocycles. The molecule has 11 heteroatoms. The molecule has 53 heavy (non-hydrogen) atoms. The van der Waals surface area contributed by atoms with Crippen LogP contribution in [0.25, 0.3) is 0 Å². The smallest absolute Gasteiger partial charge is 0.187 e. The number of Topliss-reactive ketones (excluding diaryl/α,β-unsaturated/α-hetero) is 1. The molecule has 0 unspecified atom stereocenters. The van der Waals surface area contributed by atoms with Crippen molar-refractivity contribution in [3.05, 3.63) is 76.1 Å². The van der Waals surface area contributed by atoms with Crippen molar-refractivity contribution in [2.75, 3.05) is 6.54 Å². The van der Waals surface area contributed by atoms with Gasteiger partial charge in [0.15, 0.2) is 17.7 Å². The Morgan fingerprint density at radius 1 is 1.11 bits per heavy atom. The molecule has 1 saturated carbocycles. The Hall–Kier alpha value is -4.62. The van der Waals surface area contributed by atoms with Crippen molar-refractivity contribution < 1.29 is 34.7 Å². The van der Waals surface area contributed by atoms with Crippen molar-refractivity contribution >= 4 is 11.5 Å². The molecule has 0 saturated heterocycles. The minimum atomic E-state index is -1.10. The van der Waals surface area contributed by atoms with Gasteiger partial charge in [-0.05, 0) is 66.0 Å². The quantitative estimate of drug-likeness (QED) is 0.154. The largest absolute Gasteiger partial charge is 0.508 e. The number of rotatable bonds is 10. The van der Waals surface area contributed by atoms with E-state index in [1.54, 1.807) is 6.07 Å². The molecule has 1 spiro atoms. The lowest BCUT2D eigenvalue weighted by atomic mass is 9.73. The van der Waals surface area contributed by atoms with Crippen LogP contribution in [0.15, 0.2) is 58.9 Å². The van der Waals surface area contributed by atoms with Gasteiger partial charge in [0.05, 0.1) is 42.0 Å². The minimum absolute atomic E-state index is 0.0618. The summed E-state index contributed by atoms with van der Waals surface area (Å²) < 4.78 is 13.0. The highest BCUT2D eigenvalue weighted by Crippen LogP contribution is 2.49. The van der Waals surface area contributed by atoms with Crippen LogP contribution in [0.3, 0.4) is 0 Å². The third kappa shape index (κ3) is 7.73. The molecule has 1 fully saturated rings. The number of nitrogens with two attached hydrogens (primary N) is 2. The fourth-order valence-corrected chi connectivity index (χ4v) is 8.25. The molecule has 5 aliphatic rings. The first kappa shape index (κ1) is 36.7. The Morgan fingerprint density at radius 3 is 2.70 bits per heavy atom. The van der Waals surface area contributed by atoms with Crippen LogP contribution in [-0.4, -0.2) is 61.8 Å². The summed E-state index contributed by atoms with van der Waals surface area (Å²) in [7, 11) is 0. The van der Waals surface area contributed by atoms with Crippen molar-refractivity contribution in [2.24, 2.45) is 27.8 Å². The Balaban J connectivity index is 1.24. The normalized spacial score (nSPS) is 23.3. The average Bonchev–Trinajstić information content (AvgIpc) is 3.86. The van der Waals surface area contributed by atoms with Gasteiger partial charge >= 0.3 is 0 Å². The van der Waals surface area contributed by atoms with Gasteiger partial charge in [0.25, 0.3) is 0 Å². The highest BCUT2D eigenvalue weighted by atomic mass is 16.5. The molecule has 8 N–H and O–H groups in total. The molecule has 4 heterocycles. The minimum Gasteiger partial charge on any atom is -0.508 e. The molecular formula is C42H48N4O7. The van der Waals surface area contributed by atoms with Gasteiger partial charge in [-0.1, -0.05) is 62.1 Å². The summed E-state index contributed by atoms with van der Waals surface area (Å²) in [6.45, 7) is 2.42. The van der Waals surface area contributed by atoms with Gasteiger partial charge in [-0.25, -0.2) is 0 Å². The van der Waals surface area contributed by atoms with Gasteiger partial charge in [0, 0.05) is 43.3 Å². The standard InChI is InChI=1S/C42H48N4O7/c1-2-5-29(47)19-31(49)20-30(48)8-6-25-18-39-38(21-37(25)51)52-15-14-42(12-3-4-13-42)34-10-11-36(50)32-9-7-26(40(43)44)16-27(32)17-28-22-45-35-24-46(23-33(28)35)41(34)53-39/h7,9,16,18,21-23,29,31,34,36,40-41,47,49-51H,2-6,8,12-13,17,19-20,24,43-44H2,1H3/t29-,31+,34+,36-,41+/m0/s1. The van der Waals surface area contributed by atoms with Crippen LogP contribution in [0.1, 0.15) is 99.2 Å². The second-order valence-corrected chi connectivity index (χ2v) is 15.0. The van der Waals surface area contributed by atoms with E-state index < -0.39 is 42.0 Å². The van der Waals surface area contributed by atoms with Crippen molar-refractivity contribution in [1.29, 1.82) is 0 Å². The summed E-state index contributed by atoms with van der Waals surface area (Å²) in [6, 6.07) is 8.76. The topological polar surface area (TPSA) is 184 Å². The van der Waals surface area contributed by atoms with Gasteiger partial charge in [0.1, 0.15) is 23.7 Å².